The van der Waals surface area contributed by atoms with E-state index >= 15 is 0 Å². The molecule has 5 nitrogen and oxygen atoms in total. The van der Waals surface area contributed by atoms with E-state index in [9.17, 15) is 4.79 Å². The second kappa shape index (κ2) is 7.13. The van der Waals surface area contributed by atoms with Crippen molar-refractivity contribution in [1.82, 2.24) is 4.98 Å². The molecule has 0 saturated carbocycles. The van der Waals surface area contributed by atoms with Gasteiger partial charge in [0.15, 0.2) is 0 Å². The molecule has 0 bridgehead atoms. The average Bonchev–Trinajstić information content (AvgIpc) is 2.49. The number of anilines is 1. The zero-order valence-electron chi connectivity index (χ0n) is 11.2. The van der Waals surface area contributed by atoms with Gasteiger partial charge >= 0.3 is 0 Å². The number of nitrogens with zero attached hydrogens (tertiary/aromatic N) is 1. The summed E-state index contributed by atoms with van der Waals surface area (Å²) in [5, 5.41) is 2.70. The molecule has 1 heterocycles. The van der Waals surface area contributed by atoms with E-state index in [-0.39, 0.29) is 12.3 Å². The molecule has 1 aromatic heterocycles. The number of methoxy groups -OCH3 is 1. The highest BCUT2D eigenvalue weighted by Gasteiger charge is 2.03. The molecule has 5 heteroatoms. The number of carbonyl (C=O) groups is 1. The van der Waals surface area contributed by atoms with Crippen LogP contribution in [0.2, 0.25) is 0 Å². The fourth-order valence-corrected chi connectivity index (χ4v) is 1.58. The van der Waals surface area contributed by atoms with Gasteiger partial charge in [-0.25, -0.2) is 4.98 Å². The Hall–Kier alpha value is -2.56. The molecule has 1 amide bonds. The minimum absolute atomic E-state index is 0.128. The van der Waals surface area contributed by atoms with Gasteiger partial charge in [0.2, 0.25) is 5.91 Å². The predicted octanol–water partition coefficient (Wildman–Crippen LogP) is 2.50. The standard InChI is InChI=1S/C15H16N2O3/c1-19-12-5-7-13(8-6-12)20-11-9-15(18)17-14-4-2-3-10-16-14/h2-8,10H,9,11H2,1H3,(H,16,17,18). The first-order valence-corrected chi connectivity index (χ1v) is 6.25. The molecule has 0 aliphatic rings. The summed E-state index contributed by atoms with van der Waals surface area (Å²) in [5.74, 6) is 1.89. The maximum atomic E-state index is 11.7. The van der Waals surface area contributed by atoms with Crippen molar-refractivity contribution in [2.45, 2.75) is 6.42 Å². The first-order valence-electron chi connectivity index (χ1n) is 6.25. The normalized spacial score (nSPS) is 9.85. The van der Waals surface area contributed by atoms with E-state index in [2.05, 4.69) is 10.3 Å². The summed E-state index contributed by atoms with van der Waals surface area (Å²) in [7, 11) is 1.61. The number of benzene rings is 1. The lowest BCUT2D eigenvalue weighted by molar-refractivity contribution is -0.116. The van der Waals surface area contributed by atoms with Crippen LogP contribution in [0.5, 0.6) is 11.5 Å². The van der Waals surface area contributed by atoms with Crippen molar-refractivity contribution in [3.63, 3.8) is 0 Å². The molecule has 0 unspecified atom stereocenters. The molecule has 0 saturated heterocycles. The van der Waals surface area contributed by atoms with Crippen molar-refractivity contribution in [1.29, 1.82) is 0 Å². The van der Waals surface area contributed by atoms with Gasteiger partial charge in [0, 0.05) is 6.20 Å². The predicted molar refractivity (Wildman–Crippen MR) is 76.0 cm³/mol. The molecule has 1 aromatic carbocycles. The number of aromatic nitrogens is 1. The number of carbonyl (C=O) groups excluding carboxylic acids is 1. The van der Waals surface area contributed by atoms with Gasteiger partial charge < -0.3 is 14.8 Å². The highest BCUT2D eigenvalue weighted by molar-refractivity contribution is 5.89. The smallest absolute Gasteiger partial charge is 0.228 e. The molecule has 0 spiro atoms. The van der Waals surface area contributed by atoms with E-state index in [1.807, 2.05) is 18.2 Å². The first kappa shape index (κ1) is 13.9. The van der Waals surface area contributed by atoms with Crippen LogP contribution in [0.15, 0.2) is 48.7 Å². The van der Waals surface area contributed by atoms with Crippen LogP contribution in [0.1, 0.15) is 6.42 Å². The van der Waals surface area contributed by atoms with Crippen molar-refractivity contribution in [3.05, 3.63) is 48.7 Å². The third-order valence-corrected chi connectivity index (χ3v) is 2.59. The van der Waals surface area contributed by atoms with E-state index in [1.165, 1.54) is 0 Å². The van der Waals surface area contributed by atoms with Crippen molar-refractivity contribution >= 4 is 11.7 Å². The molecule has 2 aromatic rings. The molecule has 2 rings (SSSR count). The molecular formula is C15H16N2O3. The molecule has 0 radical (unpaired) electrons. The van der Waals surface area contributed by atoms with Crippen molar-refractivity contribution < 1.29 is 14.3 Å². The van der Waals surface area contributed by atoms with Gasteiger partial charge in [-0.15, -0.1) is 0 Å². The fourth-order valence-electron chi connectivity index (χ4n) is 1.58. The van der Waals surface area contributed by atoms with E-state index in [0.29, 0.717) is 18.2 Å². The SMILES string of the molecule is COc1ccc(OCCC(=O)Nc2ccccn2)cc1. The fraction of sp³-hybridized carbons (Fsp3) is 0.200. The third-order valence-electron chi connectivity index (χ3n) is 2.59. The Morgan fingerprint density at radius 3 is 2.55 bits per heavy atom. The Bertz CT molecular complexity index is 541. The van der Waals surface area contributed by atoms with E-state index in [1.54, 1.807) is 37.6 Å². The minimum Gasteiger partial charge on any atom is -0.497 e. The second-order valence-corrected chi connectivity index (χ2v) is 4.04. The third kappa shape index (κ3) is 4.28. The van der Waals surface area contributed by atoms with Gasteiger partial charge in [-0.3, -0.25) is 4.79 Å². The zero-order valence-corrected chi connectivity index (χ0v) is 11.2. The van der Waals surface area contributed by atoms with Gasteiger partial charge in [0.1, 0.15) is 17.3 Å². The van der Waals surface area contributed by atoms with Gasteiger partial charge in [0.05, 0.1) is 20.1 Å². The van der Waals surface area contributed by atoms with Crippen LogP contribution >= 0.6 is 0 Å². The lowest BCUT2D eigenvalue weighted by atomic mass is 10.3. The molecule has 0 aliphatic carbocycles. The van der Waals surface area contributed by atoms with Crippen LogP contribution in [0, 0.1) is 0 Å². The summed E-state index contributed by atoms with van der Waals surface area (Å²) < 4.78 is 10.5. The van der Waals surface area contributed by atoms with Crippen LogP contribution in [0.4, 0.5) is 5.82 Å². The molecule has 0 atom stereocenters. The maximum Gasteiger partial charge on any atom is 0.228 e. The molecule has 0 fully saturated rings. The second-order valence-electron chi connectivity index (χ2n) is 4.04. The Morgan fingerprint density at radius 1 is 1.15 bits per heavy atom. The molecular weight excluding hydrogens is 256 g/mol. The summed E-state index contributed by atoms with van der Waals surface area (Å²) >= 11 is 0. The first-order chi connectivity index (χ1) is 9.78. The zero-order chi connectivity index (χ0) is 14.2. The van der Waals surface area contributed by atoms with Gasteiger partial charge in [-0.2, -0.15) is 0 Å². The Morgan fingerprint density at radius 2 is 1.90 bits per heavy atom. The van der Waals surface area contributed by atoms with E-state index in [4.69, 9.17) is 9.47 Å². The number of hydrogen-bond donors (Lipinski definition) is 1. The van der Waals surface area contributed by atoms with Gasteiger partial charge in [-0.05, 0) is 36.4 Å². The number of ether oxygens (including phenoxy) is 2. The summed E-state index contributed by atoms with van der Waals surface area (Å²) in [6.45, 7) is 0.311. The number of pyridine rings is 1. The van der Waals surface area contributed by atoms with Crippen LogP contribution in [-0.4, -0.2) is 24.6 Å². The maximum absolute atomic E-state index is 11.7. The van der Waals surface area contributed by atoms with Crippen molar-refractivity contribution in [2.24, 2.45) is 0 Å². The summed E-state index contributed by atoms with van der Waals surface area (Å²) in [5.41, 5.74) is 0. The number of rotatable bonds is 6. The van der Waals surface area contributed by atoms with Crippen molar-refractivity contribution in [3.8, 4) is 11.5 Å². The minimum atomic E-state index is -0.128. The van der Waals surface area contributed by atoms with E-state index < -0.39 is 0 Å². The molecule has 20 heavy (non-hydrogen) atoms. The van der Waals surface area contributed by atoms with Crippen LogP contribution in [-0.2, 0) is 4.79 Å². The van der Waals surface area contributed by atoms with Crippen molar-refractivity contribution in [2.75, 3.05) is 19.0 Å². The lowest BCUT2D eigenvalue weighted by Crippen LogP contribution is -2.15. The molecule has 104 valence electrons. The Balaban J connectivity index is 1.73. The van der Waals surface area contributed by atoms with Crippen LogP contribution in [0.3, 0.4) is 0 Å². The Labute approximate surface area is 117 Å². The number of amides is 1. The summed E-state index contributed by atoms with van der Waals surface area (Å²) in [6.07, 6.45) is 1.89. The van der Waals surface area contributed by atoms with Gasteiger partial charge in [0.25, 0.3) is 0 Å². The van der Waals surface area contributed by atoms with E-state index in [0.717, 1.165) is 5.75 Å². The molecule has 1 N–H and O–H groups in total. The quantitative estimate of drug-likeness (QED) is 0.877. The average molecular weight is 272 g/mol. The van der Waals surface area contributed by atoms with Gasteiger partial charge in [-0.1, -0.05) is 6.07 Å². The summed E-state index contributed by atoms with van der Waals surface area (Å²) in [6, 6.07) is 12.6. The highest BCUT2D eigenvalue weighted by atomic mass is 16.5. The van der Waals surface area contributed by atoms with Crippen LogP contribution < -0.4 is 14.8 Å². The topological polar surface area (TPSA) is 60.5 Å². The monoisotopic (exact) mass is 272 g/mol. The largest absolute Gasteiger partial charge is 0.497 e. The summed E-state index contributed by atoms with van der Waals surface area (Å²) in [4.78, 5) is 15.7. The highest BCUT2D eigenvalue weighted by Crippen LogP contribution is 2.17. The number of nitrogens with one attached hydrogen (secondary N) is 1. The Kier molecular flexibility index (Phi) is 4.94. The lowest BCUT2D eigenvalue weighted by Gasteiger charge is -2.07. The number of hydrogen-bond acceptors (Lipinski definition) is 4. The van der Waals surface area contributed by atoms with Crippen LogP contribution in [0.25, 0.3) is 0 Å². The molecule has 0 aliphatic heterocycles.